The second kappa shape index (κ2) is 5.85. The number of hydrogen-bond acceptors (Lipinski definition) is 3. The van der Waals surface area contributed by atoms with Crippen molar-refractivity contribution in [2.75, 3.05) is 18.5 Å². The maximum Gasteiger partial charge on any atom is 0.128 e. The van der Waals surface area contributed by atoms with Crippen LogP contribution in [0.25, 0.3) is 0 Å². The van der Waals surface area contributed by atoms with Gasteiger partial charge in [0.05, 0.1) is 0 Å². The van der Waals surface area contributed by atoms with Gasteiger partial charge in [-0.05, 0) is 31.0 Å². The predicted octanol–water partition coefficient (Wildman–Crippen LogP) is 2.93. The number of aliphatic hydroxyl groups excluding tert-OH is 1. The number of pyridine rings is 1. The summed E-state index contributed by atoms with van der Waals surface area (Å²) < 4.78 is 0. The Morgan fingerprint density at radius 1 is 1.26 bits per heavy atom. The van der Waals surface area contributed by atoms with Crippen molar-refractivity contribution in [3.8, 4) is 0 Å². The second-order valence-electron chi connectivity index (χ2n) is 4.73. The molecule has 19 heavy (non-hydrogen) atoms. The molecular weight excluding hydrogens is 236 g/mol. The highest BCUT2D eigenvalue weighted by Gasteiger charge is 2.14. The molecule has 0 aliphatic carbocycles. The molecule has 0 saturated heterocycles. The first-order valence-electron chi connectivity index (χ1n) is 6.54. The van der Waals surface area contributed by atoms with E-state index >= 15 is 0 Å². The van der Waals surface area contributed by atoms with Gasteiger partial charge in [-0.25, -0.2) is 4.98 Å². The Morgan fingerprint density at radius 3 is 2.53 bits per heavy atom. The van der Waals surface area contributed by atoms with Crippen molar-refractivity contribution in [1.29, 1.82) is 0 Å². The minimum absolute atomic E-state index is 0.616. The third kappa shape index (κ3) is 2.93. The largest absolute Gasteiger partial charge is 0.384 e. The van der Waals surface area contributed by atoms with Crippen molar-refractivity contribution in [3.63, 3.8) is 0 Å². The average molecular weight is 256 g/mol. The van der Waals surface area contributed by atoms with Crippen LogP contribution in [-0.4, -0.2) is 23.7 Å². The zero-order valence-corrected chi connectivity index (χ0v) is 11.7. The molecule has 1 heterocycles. The summed E-state index contributed by atoms with van der Waals surface area (Å²) >= 11 is 0. The van der Waals surface area contributed by atoms with Gasteiger partial charge in [-0.2, -0.15) is 0 Å². The molecule has 2 rings (SSSR count). The van der Waals surface area contributed by atoms with Crippen LogP contribution in [0.15, 0.2) is 42.6 Å². The molecule has 0 saturated carbocycles. The smallest absolute Gasteiger partial charge is 0.128 e. The number of rotatable bonds is 4. The first-order valence-corrected chi connectivity index (χ1v) is 6.54. The van der Waals surface area contributed by atoms with Gasteiger partial charge in [0.2, 0.25) is 0 Å². The molecule has 1 N–H and O–H groups in total. The van der Waals surface area contributed by atoms with Crippen molar-refractivity contribution >= 4 is 5.82 Å². The SMILES string of the molecule is CCN(C)c1cc(C)c([C@@H](O)c2ccccc2)cn1. The summed E-state index contributed by atoms with van der Waals surface area (Å²) in [6.45, 7) is 5.01. The Morgan fingerprint density at radius 2 is 1.95 bits per heavy atom. The van der Waals surface area contributed by atoms with Crippen LogP contribution < -0.4 is 4.90 Å². The third-order valence-electron chi connectivity index (χ3n) is 3.41. The van der Waals surface area contributed by atoms with Gasteiger partial charge in [0.15, 0.2) is 0 Å². The molecule has 1 atom stereocenters. The van der Waals surface area contributed by atoms with Crippen molar-refractivity contribution in [3.05, 3.63) is 59.3 Å². The van der Waals surface area contributed by atoms with Gasteiger partial charge in [-0.15, -0.1) is 0 Å². The third-order valence-corrected chi connectivity index (χ3v) is 3.41. The summed E-state index contributed by atoms with van der Waals surface area (Å²) in [5.74, 6) is 0.934. The van der Waals surface area contributed by atoms with Crippen LogP contribution in [0, 0.1) is 6.92 Å². The predicted molar refractivity (Wildman–Crippen MR) is 78.4 cm³/mol. The van der Waals surface area contributed by atoms with Crippen molar-refractivity contribution in [2.45, 2.75) is 20.0 Å². The number of hydrogen-bond donors (Lipinski definition) is 1. The summed E-state index contributed by atoms with van der Waals surface area (Å²) in [6, 6.07) is 11.7. The fourth-order valence-electron chi connectivity index (χ4n) is 2.02. The van der Waals surface area contributed by atoms with E-state index in [9.17, 15) is 5.11 Å². The van der Waals surface area contributed by atoms with E-state index in [1.165, 1.54) is 0 Å². The van der Waals surface area contributed by atoms with E-state index in [0.717, 1.165) is 29.1 Å². The molecule has 0 unspecified atom stereocenters. The monoisotopic (exact) mass is 256 g/mol. The summed E-state index contributed by atoms with van der Waals surface area (Å²) in [7, 11) is 2.01. The zero-order valence-electron chi connectivity index (χ0n) is 11.7. The molecule has 1 aromatic heterocycles. The van der Waals surface area contributed by atoms with E-state index in [1.807, 2.05) is 50.4 Å². The lowest BCUT2D eigenvalue weighted by Gasteiger charge is -2.19. The molecule has 0 spiro atoms. The molecule has 0 fully saturated rings. The molecule has 0 bridgehead atoms. The number of nitrogens with zero attached hydrogens (tertiary/aromatic N) is 2. The van der Waals surface area contributed by atoms with Crippen LogP contribution in [0.4, 0.5) is 5.82 Å². The Bertz CT molecular complexity index is 540. The van der Waals surface area contributed by atoms with E-state index in [0.29, 0.717) is 0 Å². The molecule has 3 nitrogen and oxygen atoms in total. The number of aromatic nitrogens is 1. The van der Waals surface area contributed by atoms with Crippen LogP contribution in [-0.2, 0) is 0 Å². The number of aliphatic hydroxyl groups is 1. The zero-order chi connectivity index (χ0) is 13.8. The Kier molecular flexibility index (Phi) is 4.17. The summed E-state index contributed by atoms with van der Waals surface area (Å²) in [4.78, 5) is 6.50. The molecule has 0 aliphatic rings. The van der Waals surface area contributed by atoms with E-state index in [-0.39, 0.29) is 0 Å². The van der Waals surface area contributed by atoms with Crippen molar-refractivity contribution < 1.29 is 5.11 Å². The minimum atomic E-state index is -0.616. The highest BCUT2D eigenvalue weighted by Crippen LogP contribution is 2.25. The average Bonchev–Trinajstić information content (AvgIpc) is 2.46. The molecule has 1 aromatic carbocycles. The minimum Gasteiger partial charge on any atom is -0.384 e. The molecule has 2 aromatic rings. The Hall–Kier alpha value is -1.87. The quantitative estimate of drug-likeness (QED) is 0.913. The Balaban J connectivity index is 2.31. The molecule has 3 heteroatoms. The summed E-state index contributed by atoms with van der Waals surface area (Å²) in [5.41, 5.74) is 2.81. The van der Waals surface area contributed by atoms with Crippen LogP contribution in [0.2, 0.25) is 0 Å². The Labute approximate surface area is 114 Å². The van der Waals surface area contributed by atoms with E-state index < -0.39 is 6.10 Å². The van der Waals surface area contributed by atoms with E-state index in [4.69, 9.17) is 0 Å². The van der Waals surface area contributed by atoms with E-state index in [1.54, 1.807) is 6.20 Å². The highest BCUT2D eigenvalue weighted by molar-refractivity contribution is 5.44. The van der Waals surface area contributed by atoms with Gasteiger partial charge in [-0.1, -0.05) is 30.3 Å². The highest BCUT2D eigenvalue weighted by atomic mass is 16.3. The number of aryl methyl sites for hydroxylation is 1. The normalized spacial score (nSPS) is 12.2. The van der Waals surface area contributed by atoms with Crippen molar-refractivity contribution in [1.82, 2.24) is 4.98 Å². The molecular formula is C16H20N2O. The standard InChI is InChI=1S/C16H20N2O/c1-4-18(3)15-10-12(2)14(11-17-15)16(19)13-8-6-5-7-9-13/h5-11,16,19H,4H2,1-3H3/t16-/m0/s1. The van der Waals surface area contributed by atoms with Gasteiger partial charge in [0.1, 0.15) is 11.9 Å². The number of anilines is 1. The topological polar surface area (TPSA) is 36.4 Å². The lowest BCUT2D eigenvalue weighted by molar-refractivity contribution is 0.219. The lowest BCUT2D eigenvalue weighted by Crippen LogP contribution is -2.17. The molecule has 0 aliphatic heterocycles. The lowest BCUT2D eigenvalue weighted by atomic mass is 9.99. The fourth-order valence-corrected chi connectivity index (χ4v) is 2.02. The molecule has 0 radical (unpaired) electrons. The fraction of sp³-hybridized carbons (Fsp3) is 0.312. The van der Waals surface area contributed by atoms with E-state index in [2.05, 4.69) is 16.8 Å². The van der Waals surface area contributed by atoms with Crippen LogP contribution in [0.1, 0.15) is 29.7 Å². The van der Waals surface area contributed by atoms with Gasteiger partial charge >= 0.3 is 0 Å². The van der Waals surface area contributed by atoms with Gasteiger partial charge in [0.25, 0.3) is 0 Å². The van der Waals surface area contributed by atoms with Crippen LogP contribution in [0.3, 0.4) is 0 Å². The second-order valence-corrected chi connectivity index (χ2v) is 4.73. The summed E-state index contributed by atoms with van der Waals surface area (Å²) in [6.07, 6.45) is 1.16. The summed E-state index contributed by atoms with van der Waals surface area (Å²) in [5, 5.41) is 10.4. The first kappa shape index (κ1) is 13.6. The van der Waals surface area contributed by atoms with Crippen molar-refractivity contribution in [2.24, 2.45) is 0 Å². The van der Waals surface area contributed by atoms with Gasteiger partial charge < -0.3 is 10.0 Å². The number of benzene rings is 1. The van der Waals surface area contributed by atoms with Crippen LogP contribution in [0.5, 0.6) is 0 Å². The molecule has 100 valence electrons. The van der Waals surface area contributed by atoms with Gasteiger partial charge in [-0.3, -0.25) is 0 Å². The van der Waals surface area contributed by atoms with Crippen LogP contribution >= 0.6 is 0 Å². The van der Waals surface area contributed by atoms with Gasteiger partial charge in [0, 0.05) is 25.4 Å². The molecule has 0 amide bonds. The first-order chi connectivity index (χ1) is 9.13. The maximum atomic E-state index is 10.4. The maximum absolute atomic E-state index is 10.4.